The second kappa shape index (κ2) is 6.79. The topological polar surface area (TPSA) is 39.1 Å². The van der Waals surface area contributed by atoms with Crippen LogP contribution in [0.15, 0.2) is 46.2 Å². The summed E-state index contributed by atoms with van der Waals surface area (Å²) in [5.41, 5.74) is 2.73. The molecule has 7 heteroatoms. The van der Waals surface area contributed by atoms with Crippen molar-refractivity contribution in [3.63, 3.8) is 0 Å². The van der Waals surface area contributed by atoms with Crippen molar-refractivity contribution in [1.29, 1.82) is 0 Å². The largest absolute Gasteiger partial charge is 0.269 e. The summed E-state index contributed by atoms with van der Waals surface area (Å²) in [6.45, 7) is 0. The fourth-order valence-corrected chi connectivity index (χ4v) is 6.45. The zero-order chi connectivity index (χ0) is 18.5. The van der Waals surface area contributed by atoms with Gasteiger partial charge in [-0.1, -0.05) is 29.3 Å². The van der Waals surface area contributed by atoms with Crippen molar-refractivity contribution in [2.24, 2.45) is 0 Å². The minimum absolute atomic E-state index is 0.0471. The first-order chi connectivity index (χ1) is 12.4. The number of hydrogen-bond donors (Lipinski definition) is 0. The van der Waals surface area contributed by atoms with E-state index in [-0.39, 0.29) is 14.9 Å². The maximum atomic E-state index is 13.5. The SMILES string of the molecule is CSc1ccc2c(c1)c1c(n2S(=O)(=O)c2cccc(Cl)c2Cl)CCCC1. The summed E-state index contributed by atoms with van der Waals surface area (Å²) in [5.74, 6) is 0. The van der Waals surface area contributed by atoms with Gasteiger partial charge in [-0.25, -0.2) is 12.4 Å². The Balaban J connectivity index is 2.06. The van der Waals surface area contributed by atoms with E-state index in [2.05, 4.69) is 6.07 Å². The number of halogens is 2. The van der Waals surface area contributed by atoms with Gasteiger partial charge in [-0.2, -0.15) is 0 Å². The van der Waals surface area contributed by atoms with Crippen molar-refractivity contribution in [2.45, 2.75) is 35.5 Å². The number of nitrogens with zero attached hydrogens (tertiary/aromatic N) is 1. The zero-order valence-electron chi connectivity index (χ0n) is 14.1. The van der Waals surface area contributed by atoms with Crippen molar-refractivity contribution in [3.8, 4) is 0 Å². The summed E-state index contributed by atoms with van der Waals surface area (Å²) in [6, 6.07) is 10.7. The average Bonchev–Trinajstić information content (AvgIpc) is 2.98. The monoisotopic (exact) mass is 425 g/mol. The number of aryl methyl sites for hydroxylation is 1. The van der Waals surface area contributed by atoms with Gasteiger partial charge < -0.3 is 0 Å². The normalized spacial score (nSPS) is 14.6. The molecule has 4 rings (SSSR count). The van der Waals surface area contributed by atoms with Crippen LogP contribution in [0.1, 0.15) is 24.1 Å². The predicted octanol–water partition coefficient (Wildman–Crippen LogP) is 5.79. The Hall–Kier alpha value is -1.14. The van der Waals surface area contributed by atoms with Crippen LogP contribution in [0.3, 0.4) is 0 Å². The molecule has 1 aliphatic rings. The molecule has 1 aliphatic carbocycles. The second-order valence-electron chi connectivity index (χ2n) is 6.34. The van der Waals surface area contributed by atoms with E-state index in [1.165, 1.54) is 10.0 Å². The van der Waals surface area contributed by atoms with Crippen LogP contribution in [0.2, 0.25) is 10.0 Å². The molecule has 3 aromatic rings. The summed E-state index contributed by atoms with van der Waals surface area (Å²) in [7, 11) is -3.84. The summed E-state index contributed by atoms with van der Waals surface area (Å²) in [5, 5.41) is 1.33. The van der Waals surface area contributed by atoms with Crippen molar-refractivity contribution >= 4 is 55.9 Å². The maximum absolute atomic E-state index is 13.5. The molecule has 0 saturated carbocycles. The third-order valence-corrected chi connectivity index (χ3v) is 8.32. The lowest BCUT2D eigenvalue weighted by Crippen LogP contribution is -2.18. The van der Waals surface area contributed by atoms with Gasteiger partial charge in [-0.3, -0.25) is 0 Å². The van der Waals surface area contributed by atoms with Crippen LogP contribution in [-0.4, -0.2) is 18.6 Å². The number of thioether (sulfide) groups is 1. The lowest BCUT2D eigenvalue weighted by atomic mass is 9.96. The van der Waals surface area contributed by atoms with E-state index in [0.29, 0.717) is 5.52 Å². The van der Waals surface area contributed by atoms with Crippen LogP contribution in [0.25, 0.3) is 10.9 Å². The van der Waals surface area contributed by atoms with Gasteiger partial charge in [0.1, 0.15) is 4.90 Å². The molecule has 0 radical (unpaired) electrons. The van der Waals surface area contributed by atoms with Gasteiger partial charge in [-0.15, -0.1) is 11.8 Å². The van der Waals surface area contributed by atoms with Crippen molar-refractivity contribution < 1.29 is 8.42 Å². The summed E-state index contributed by atoms with van der Waals surface area (Å²) < 4.78 is 28.5. The van der Waals surface area contributed by atoms with Gasteiger partial charge in [0.05, 0.1) is 15.6 Å². The summed E-state index contributed by atoms with van der Waals surface area (Å²) in [4.78, 5) is 1.17. The average molecular weight is 426 g/mol. The van der Waals surface area contributed by atoms with Gasteiger partial charge in [0.25, 0.3) is 10.0 Å². The van der Waals surface area contributed by atoms with Gasteiger partial charge in [0.2, 0.25) is 0 Å². The number of aromatic nitrogens is 1. The van der Waals surface area contributed by atoms with Crippen LogP contribution < -0.4 is 0 Å². The molecular weight excluding hydrogens is 409 g/mol. The van der Waals surface area contributed by atoms with Crippen LogP contribution in [0.4, 0.5) is 0 Å². The third kappa shape index (κ3) is 2.76. The Labute approximate surface area is 167 Å². The molecule has 0 atom stereocenters. The van der Waals surface area contributed by atoms with Crippen LogP contribution >= 0.6 is 35.0 Å². The third-order valence-electron chi connectivity index (χ3n) is 4.87. The molecule has 3 nitrogen and oxygen atoms in total. The van der Waals surface area contributed by atoms with Gasteiger partial charge in [-0.05, 0) is 67.8 Å². The molecule has 0 saturated heterocycles. The Bertz CT molecular complexity index is 1120. The molecule has 0 aliphatic heterocycles. The Morgan fingerprint density at radius 3 is 2.62 bits per heavy atom. The minimum Gasteiger partial charge on any atom is -0.238 e. The fraction of sp³-hybridized carbons (Fsp3) is 0.263. The first-order valence-corrected chi connectivity index (χ1v) is 11.8. The maximum Gasteiger partial charge on any atom is 0.269 e. The Morgan fingerprint density at radius 1 is 1.08 bits per heavy atom. The molecule has 0 N–H and O–H groups in total. The van der Waals surface area contributed by atoms with E-state index < -0.39 is 10.0 Å². The highest BCUT2D eigenvalue weighted by molar-refractivity contribution is 7.98. The van der Waals surface area contributed by atoms with Crippen LogP contribution in [0.5, 0.6) is 0 Å². The van der Waals surface area contributed by atoms with Gasteiger partial charge >= 0.3 is 0 Å². The first-order valence-electron chi connectivity index (χ1n) is 8.35. The highest BCUT2D eigenvalue weighted by Crippen LogP contribution is 2.38. The van der Waals surface area contributed by atoms with Gasteiger partial charge in [0, 0.05) is 16.0 Å². The van der Waals surface area contributed by atoms with Gasteiger partial charge in [0.15, 0.2) is 0 Å². The molecular formula is C19H17Cl2NO2S2. The highest BCUT2D eigenvalue weighted by atomic mass is 35.5. The Kier molecular flexibility index (Phi) is 4.76. The number of rotatable bonds is 3. The number of hydrogen-bond acceptors (Lipinski definition) is 3. The molecule has 1 heterocycles. The van der Waals surface area contributed by atoms with Crippen molar-refractivity contribution in [3.05, 3.63) is 57.7 Å². The zero-order valence-corrected chi connectivity index (χ0v) is 17.3. The summed E-state index contributed by atoms with van der Waals surface area (Å²) in [6.07, 6.45) is 5.73. The second-order valence-corrected chi connectivity index (χ2v) is 9.76. The molecule has 0 spiro atoms. The smallest absolute Gasteiger partial charge is 0.238 e. The molecule has 0 bridgehead atoms. The van der Waals surface area contributed by atoms with E-state index in [9.17, 15) is 8.42 Å². The van der Waals surface area contributed by atoms with Crippen molar-refractivity contribution in [2.75, 3.05) is 6.26 Å². The van der Waals surface area contributed by atoms with E-state index >= 15 is 0 Å². The van der Waals surface area contributed by atoms with E-state index in [0.717, 1.165) is 47.2 Å². The number of benzene rings is 2. The lowest BCUT2D eigenvalue weighted by molar-refractivity contribution is 0.582. The standard InChI is InChI=1S/C19H17Cl2NO2S2/c1-25-12-9-10-17-14(11-12)13-5-2-3-7-16(13)22(17)26(23,24)18-8-4-6-15(20)19(18)21/h4,6,8-11H,2-3,5,7H2,1H3. The van der Waals surface area contributed by atoms with Crippen LogP contribution in [0, 0.1) is 0 Å². The fourth-order valence-electron chi connectivity index (χ4n) is 3.67. The molecule has 136 valence electrons. The van der Waals surface area contributed by atoms with E-state index in [1.54, 1.807) is 23.9 Å². The molecule has 0 fully saturated rings. The van der Waals surface area contributed by atoms with E-state index in [4.69, 9.17) is 23.2 Å². The molecule has 0 unspecified atom stereocenters. The molecule has 26 heavy (non-hydrogen) atoms. The molecule has 0 amide bonds. The molecule has 1 aromatic heterocycles. The quantitative estimate of drug-likeness (QED) is 0.498. The number of fused-ring (bicyclic) bond motifs is 3. The first kappa shape index (κ1) is 18.2. The van der Waals surface area contributed by atoms with E-state index in [1.807, 2.05) is 18.4 Å². The Morgan fingerprint density at radius 2 is 1.85 bits per heavy atom. The van der Waals surface area contributed by atoms with Crippen LogP contribution in [-0.2, 0) is 22.9 Å². The molecule has 2 aromatic carbocycles. The minimum atomic E-state index is -3.84. The van der Waals surface area contributed by atoms with Crippen molar-refractivity contribution in [1.82, 2.24) is 3.97 Å². The highest BCUT2D eigenvalue weighted by Gasteiger charge is 2.30. The summed E-state index contributed by atoms with van der Waals surface area (Å²) >= 11 is 14.0. The lowest BCUT2D eigenvalue weighted by Gasteiger charge is -2.17. The predicted molar refractivity (Wildman–Crippen MR) is 109 cm³/mol.